The van der Waals surface area contributed by atoms with Gasteiger partial charge in [0.2, 0.25) is 0 Å². The number of aromatic amines is 1. The van der Waals surface area contributed by atoms with Crippen LogP contribution in [0.15, 0.2) is 36.7 Å². The standard InChI is InChI=1S/C14H14N2/c1-9(2)10-3-4-11-12-5-6-15-8-14(12)16-13(11)7-10/h3-9,16H,1-2H3. The van der Waals surface area contributed by atoms with Gasteiger partial charge in [-0.05, 0) is 23.6 Å². The van der Waals surface area contributed by atoms with E-state index in [1.807, 2.05) is 12.4 Å². The number of nitrogens with zero attached hydrogens (tertiary/aromatic N) is 1. The Bertz CT molecular complexity index is 650. The minimum absolute atomic E-state index is 0.564. The van der Waals surface area contributed by atoms with Gasteiger partial charge in [-0.25, -0.2) is 0 Å². The van der Waals surface area contributed by atoms with E-state index in [0.717, 1.165) is 5.52 Å². The average Bonchev–Trinajstić information content (AvgIpc) is 2.66. The molecule has 2 aromatic heterocycles. The van der Waals surface area contributed by atoms with Gasteiger partial charge in [-0.3, -0.25) is 4.98 Å². The molecule has 1 aromatic carbocycles. The molecule has 0 fully saturated rings. The second-order valence-electron chi connectivity index (χ2n) is 4.51. The monoisotopic (exact) mass is 210 g/mol. The quantitative estimate of drug-likeness (QED) is 0.649. The first kappa shape index (κ1) is 9.40. The number of nitrogens with one attached hydrogen (secondary N) is 1. The molecule has 0 bridgehead atoms. The van der Waals surface area contributed by atoms with Gasteiger partial charge in [0.1, 0.15) is 0 Å². The maximum absolute atomic E-state index is 4.13. The van der Waals surface area contributed by atoms with Crippen LogP contribution in [0.1, 0.15) is 25.3 Å². The van der Waals surface area contributed by atoms with Crippen LogP contribution in [0.4, 0.5) is 0 Å². The zero-order chi connectivity index (χ0) is 11.1. The first-order chi connectivity index (χ1) is 7.75. The van der Waals surface area contributed by atoms with Gasteiger partial charge in [0.15, 0.2) is 0 Å². The van der Waals surface area contributed by atoms with Crippen LogP contribution in [0, 0.1) is 0 Å². The van der Waals surface area contributed by atoms with E-state index in [1.54, 1.807) is 0 Å². The summed E-state index contributed by atoms with van der Waals surface area (Å²) in [6.07, 6.45) is 3.72. The lowest BCUT2D eigenvalue weighted by molar-refractivity contribution is 0.868. The van der Waals surface area contributed by atoms with E-state index in [4.69, 9.17) is 0 Å². The summed E-state index contributed by atoms with van der Waals surface area (Å²) in [5, 5.41) is 2.53. The third-order valence-corrected chi connectivity index (χ3v) is 3.09. The van der Waals surface area contributed by atoms with E-state index in [0.29, 0.717) is 5.92 Å². The lowest BCUT2D eigenvalue weighted by atomic mass is 10.0. The van der Waals surface area contributed by atoms with Crippen LogP contribution >= 0.6 is 0 Å². The molecule has 0 unspecified atom stereocenters. The summed E-state index contributed by atoms with van der Waals surface area (Å²) in [6, 6.07) is 8.70. The highest BCUT2D eigenvalue weighted by atomic mass is 14.7. The molecule has 0 saturated carbocycles. The lowest BCUT2D eigenvalue weighted by Gasteiger charge is -2.04. The summed E-state index contributed by atoms with van der Waals surface area (Å²) >= 11 is 0. The van der Waals surface area contributed by atoms with E-state index >= 15 is 0 Å². The van der Waals surface area contributed by atoms with Gasteiger partial charge in [0, 0.05) is 22.5 Å². The van der Waals surface area contributed by atoms with Crippen LogP contribution in [0.25, 0.3) is 21.8 Å². The van der Waals surface area contributed by atoms with Crippen molar-refractivity contribution in [2.45, 2.75) is 19.8 Å². The normalized spacial score (nSPS) is 11.7. The summed E-state index contributed by atoms with van der Waals surface area (Å²) in [6.45, 7) is 4.43. The molecule has 1 N–H and O–H groups in total. The number of rotatable bonds is 1. The smallest absolute Gasteiger partial charge is 0.0651 e. The molecule has 0 aliphatic rings. The van der Waals surface area contributed by atoms with Crippen molar-refractivity contribution in [2.75, 3.05) is 0 Å². The van der Waals surface area contributed by atoms with E-state index in [-0.39, 0.29) is 0 Å². The molecule has 0 aliphatic carbocycles. The van der Waals surface area contributed by atoms with Crippen molar-refractivity contribution in [2.24, 2.45) is 0 Å². The molecule has 0 atom stereocenters. The molecule has 3 rings (SSSR count). The molecule has 0 radical (unpaired) electrons. The summed E-state index contributed by atoms with van der Waals surface area (Å²) < 4.78 is 0. The molecule has 16 heavy (non-hydrogen) atoms. The van der Waals surface area contributed by atoms with Crippen LogP contribution in [0.3, 0.4) is 0 Å². The van der Waals surface area contributed by atoms with Crippen LogP contribution < -0.4 is 0 Å². The van der Waals surface area contributed by atoms with E-state index in [9.17, 15) is 0 Å². The average molecular weight is 210 g/mol. The largest absolute Gasteiger partial charge is 0.353 e. The topological polar surface area (TPSA) is 28.7 Å². The van der Waals surface area contributed by atoms with Crippen LogP contribution in [0.5, 0.6) is 0 Å². The van der Waals surface area contributed by atoms with Gasteiger partial charge in [0.05, 0.1) is 11.7 Å². The number of aromatic nitrogens is 2. The predicted molar refractivity (Wildman–Crippen MR) is 67.7 cm³/mol. The third-order valence-electron chi connectivity index (χ3n) is 3.09. The molecule has 3 aromatic rings. The molecule has 2 nitrogen and oxygen atoms in total. The highest BCUT2D eigenvalue weighted by Crippen LogP contribution is 2.27. The number of fused-ring (bicyclic) bond motifs is 3. The summed E-state index contributed by atoms with van der Waals surface area (Å²) in [5.74, 6) is 0.564. The van der Waals surface area contributed by atoms with Crippen molar-refractivity contribution in [3.63, 3.8) is 0 Å². The second-order valence-corrected chi connectivity index (χ2v) is 4.51. The fourth-order valence-corrected chi connectivity index (χ4v) is 2.13. The lowest BCUT2D eigenvalue weighted by Crippen LogP contribution is -1.85. The predicted octanol–water partition coefficient (Wildman–Crippen LogP) is 3.84. The Morgan fingerprint density at radius 1 is 1.06 bits per heavy atom. The maximum atomic E-state index is 4.13. The minimum atomic E-state index is 0.564. The Labute approximate surface area is 94.3 Å². The fourth-order valence-electron chi connectivity index (χ4n) is 2.13. The molecule has 2 heterocycles. The van der Waals surface area contributed by atoms with Gasteiger partial charge in [0.25, 0.3) is 0 Å². The zero-order valence-corrected chi connectivity index (χ0v) is 9.49. The van der Waals surface area contributed by atoms with Crippen LogP contribution in [-0.2, 0) is 0 Å². The number of hydrogen-bond donors (Lipinski definition) is 1. The number of benzene rings is 1. The van der Waals surface area contributed by atoms with Crippen molar-refractivity contribution in [1.29, 1.82) is 0 Å². The molecule has 0 amide bonds. The molecule has 0 saturated heterocycles. The zero-order valence-electron chi connectivity index (χ0n) is 9.49. The fraction of sp³-hybridized carbons (Fsp3) is 0.214. The number of hydrogen-bond acceptors (Lipinski definition) is 1. The van der Waals surface area contributed by atoms with E-state index < -0.39 is 0 Å². The first-order valence-corrected chi connectivity index (χ1v) is 5.61. The SMILES string of the molecule is CC(C)c1ccc2c(c1)[nH]c1cnccc12. The Morgan fingerprint density at radius 3 is 2.69 bits per heavy atom. The molecular weight excluding hydrogens is 196 g/mol. The van der Waals surface area contributed by atoms with Crippen LogP contribution in [-0.4, -0.2) is 9.97 Å². The summed E-state index contributed by atoms with van der Waals surface area (Å²) in [5.41, 5.74) is 3.68. The molecular formula is C14H14N2. The highest BCUT2D eigenvalue weighted by molar-refractivity contribution is 6.06. The highest BCUT2D eigenvalue weighted by Gasteiger charge is 2.05. The third kappa shape index (κ3) is 1.30. The Hall–Kier alpha value is -1.83. The summed E-state index contributed by atoms with van der Waals surface area (Å²) in [4.78, 5) is 7.55. The Morgan fingerprint density at radius 2 is 1.88 bits per heavy atom. The van der Waals surface area contributed by atoms with Crippen molar-refractivity contribution in [3.8, 4) is 0 Å². The molecule has 80 valence electrons. The minimum Gasteiger partial charge on any atom is -0.353 e. The molecule has 0 aliphatic heterocycles. The van der Waals surface area contributed by atoms with Crippen molar-refractivity contribution >= 4 is 21.8 Å². The van der Waals surface area contributed by atoms with Gasteiger partial charge >= 0.3 is 0 Å². The second kappa shape index (κ2) is 3.34. The first-order valence-electron chi connectivity index (χ1n) is 5.61. The molecule has 2 heteroatoms. The maximum Gasteiger partial charge on any atom is 0.0651 e. The Balaban J connectivity index is 2.37. The molecule has 0 spiro atoms. The summed E-state index contributed by atoms with van der Waals surface area (Å²) in [7, 11) is 0. The Kier molecular flexibility index (Phi) is 1.96. The van der Waals surface area contributed by atoms with Gasteiger partial charge in [-0.1, -0.05) is 26.0 Å². The van der Waals surface area contributed by atoms with Gasteiger partial charge in [-0.2, -0.15) is 0 Å². The van der Waals surface area contributed by atoms with Gasteiger partial charge in [-0.15, -0.1) is 0 Å². The van der Waals surface area contributed by atoms with Crippen molar-refractivity contribution in [1.82, 2.24) is 9.97 Å². The number of H-pyrrole nitrogens is 1. The van der Waals surface area contributed by atoms with Gasteiger partial charge < -0.3 is 4.98 Å². The van der Waals surface area contributed by atoms with Crippen molar-refractivity contribution in [3.05, 3.63) is 42.2 Å². The van der Waals surface area contributed by atoms with E-state index in [1.165, 1.54) is 21.9 Å². The van der Waals surface area contributed by atoms with Crippen LogP contribution in [0.2, 0.25) is 0 Å². The van der Waals surface area contributed by atoms with Crippen molar-refractivity contribution < 1.29 is 0 Å². The number of pyridine rings is 1. The van der Waals surface area contributed by atoms with E-state index in [2.05, 4.69) is 48.1 Å².